The topological polar surface area (TPSA) is 56.7 Å². The van der Waals surface area contributed by atoms with Gasteiger partial charge in [-0.25, -0.2) is 4.98 Å². The summed E-state index contributed by atoms with van der Waals surface area (Å²) in [6, 6.07) is 68.1. The predicted molar refractivity (Wildman–Crippen MR) is 238 cm³/mol. The standard InChI is InChI=1S/C53H32N4O/c1-2-14-33(15-3-1)34-19-12-20-35(28-34)36-21-13-22-40(29-36)51-54-52(50-41-23-7-6-18-39(41)32-48-49(50)43-25-9-11-27-47(43)58-48)56-53(55-51)57-45-26-10-8-24-42(45)44-30-37-16-4-5-17-38(37)31-46(44)57/h1-32H. The molecule has 12 aromatic rings. The highest BCUT2D eigenvalue weighted by Gasteiger charge is 2.23. The lowest BCUT2D eigenvalue weighted by molar-refractivity contribution is 0.669. The molecule has 0 radical (unpaired) electrons. The van der Waals surface area contributed by atoms with Crippen LogP contribution < -0.4 is 0 Å². The second-order valence-electron chi connectivity index (χ2n) is 14.8. The maximum absolute atomic E-state index is 6.53. The molecule has 0 unspecified atom stereocenters. The van der Waals surface area contributed by atoms with Crippen molar-refractivity contribution in [2.24, 2.45) is 0 Å². The normalized spacial score (nSPS) is 11.8. The fourth-order valence-electron chi connectivity index (χ4n) is 8.71. The number of benzene rings is 9. The SMILES string of the molecule is c1ccc(-c2cccc(-c3cccc(-c4nc(-c5c6ccccc6cc6oc7ccccc7c56)nc(-n5c6ccccc6c6cc7ccccc7cc65)n4)c3)c2)cc1. The van der Waals surface area contributed by atoms with Gasteiger partial charge in [0.15, 0.2) is 11.6 Å². The van der Waals surface area contributed by atoms with Gasteiger partial charge in [-0.15, -0.1) is 0 Å². The van der Waals surface area contributed by atoms with Gasteiger partial charge in [0, 0.05) is 32.7 Å². The van der Waals surface area contributed by atoms with Crippen LogP contribution in [0.2, 0.25) is 0 Å². The van der Waals surface area contributed by atoms with E-state index in [1.807, 2.05) is 18.2 Å². The average molecular weight is 741 g/mol. The first kappa shape index (κ1) is 32.4. The molecule has 58 heavy (non-hydrogen) atoms. The lowest BCUT2D eigenvalue weighted by atomic mass is 9.97. The summed E-state index contributed by atoms with van der Waals surface area (Å²) in [5.41, 5.74) is 10.0. The van der Waals surface area contributed by atoms with Crippen molar-refractivity contribution in [3.63, 3.8) is 0 Å². The van der Waals surface area contributed by atoms with Crippen LogP contribution in [-0.4, -0.2) is 19.5 Å². The number of nitrogens with zero attached hydrogens (tertiary/aromatic N) is 4. The molecule has 0 aliphatic rings. The van der Waals surface area contributed by atoms with Crippen molar-refractivity contribution >= 4 is 65.3 Å². The van der Waals surface area contributed by atoms with Crippen molar-refractivity contribution in [1.29, 1.82) is 0 Å². The third-order valence-corrected chi connectivity index (χ3v) is 11.4. The van der Waals surface area contributed by atoms with Crippen molar-refractivity contribution in [2.75, 3.05) is 0 Å². The molecule has 3 heterocycles. The number of para-hydroxylation sites is 2. The van der Waals surface area contributed by atoms with Gasteiger partial charge in [-0.3, -0.25) is 4.57 Å². The highest BCUT2D eigenvalue weighted by atomic mass is 16.3. The Hall–Kier alpha value is -7.89. The Morgan fingerprint density at radius 1 is 0.345 bits per heavy atom. The monoisotopic (exact) mass is 740 g/mol. The van der Waals surface area contributed by atoms with E-state index in [0.29, 0.717) is 17.6 Å². The van der Waals surface area contributed by atoms with Crippen molar-refractivity contribution < 1.29 is 4.42 Å². The van der Waals surface area contributed by atoms with E-state index in [4.69, 9.17) is 19.4 Å². The van der Waals surface area contributed by atoms with Gasteiger partial charge in [0.1, 0.15) is 11.2 Å². The van der Waals surface area contributed by atoms with Crippen LogP contribution in [0.25, 0.3) is 116 Å². The number of furan rings is 1. The molecule has 0 bridgehead atoms. The molecular formula is C53H32N4O. The third kappa shape index (κ3) is 5.14. The smallest absolute Gasteiger partial charge is 0.238 e. The van der Waals surface area contributed by atoms with Crippen LogP contribution in [-0.2, 0) is 0 Å². The predicted octanol–water partition coefficient (Wildman–Crippen LogP) is 13.8. The maximum Gasteiger partial charge on any atom is 0.238 e. The van der Waals surface area contributed by atoms with E-state index in [1.165, 1.54) is 16.5 Å². The zero-order chi connectivity index (χ0) is 38.2. The first-order valence-electron chi connectivity index (χ1n) is 19.5. The molecule has 5 nitrogen and oxygen atoms in total. The molecule has 270 valence electrons. The summed E-state index contributed by atoms with van der Waals surface area (Å²) in [6.45, 7) is 0. The molecule has 0 saturated heterocycles. The molecule has 0 fully saturated rings. The molecule has 3 aromatic heterocycles. The van der Waals surface area contributed by atoms with Gasteiger partial charge in [0.2, 0.25) is 5.95 Å². The van der Waals surface area contributed by atoms with Crippen LogP contribution in [0.5, 0.6) is 0 Å². The van der Waals surface area contributed by atoms with Crippen LogP contribution in [0.4, 0.5) is 0 Å². The molecule has 0 amide bonds. The number of hydrogen-bond acceptors (Lipinski definition) is 4. The van der Waals surface area contributed by atoms with Gasteiger partial charge in [0.25, 0.3) is 0 Å². The number of aromatic nitrogens is 4. The van der Waals surface area contributed by atoms with E-state index >= 15 is 0 Å². The maximum atomic E-state index is 6.53. The number of rotatable bonds is 5. The molecule has 12 rings (SSSR count). The Bertz CT molecular complexity index is 3580. The molecule has 0 atom stereocenters. The van der Waals surface area contributed by atoms with E-state index in [0.717, 1.165) is 82.2 Å². The van der Waals surface area contributed by atoms with E-state index in [9.17, 15) is 0 Å². The van der Waals surface area contributed by atoms with Crippen molar-refractivity contribution in [1.82, 2.24) is 19.5 Å². The Labute approximate surface area is 333 Å². The van der Waals surface area contributed by atoms with Crippen LogP contribution in [0, 0.1) is 0 Å². The van der Waals surface area contributed by atoms with Crippen molar-refractivity contribution in [3.05, 3.63) is 194 Å². The molecule has 5 heteroatoms. The van der Waals surface area contributed by atoms with E-state index in [-0.39, 0.29) is 0 Å². The minimum absolute atomic E-state index is 0.548. The van der Waals surface area contributed by atoms with E-state index in [2.05, 4.69) is 180 Å². The quantitative estimate of drug-likeness (QED) is 0.176. The molecule has 0 aliphatic heterocycles. The Kier molecular flexibility index (Phi) is 7.16. The molecule has 9 aromatic carbocycles. The first-order chi connectivity index (χ1) is 28.7. The highest BCUT2D eigenvalue weighted by Crippen LogP contribution is 2.42. The highest BCUT2D eigenvalue weighted by molar-refractivity contribution is 6.20. The summed E-state index contributed by atoms with van der Waals surface area (Å²) in [4.78, 5) is 16.2. The van der Waals surface area contributed by atoms with Gasteiger partial charge < -0.3 is 4.42 Å². The zero-order valence-electron chi connectivity index (χ0n) is 31.2. The molecular weight excluding hydrogens is 709 g/mol. The van der Waals surface area contributed by atoms with Crippen LogP contribution in [0.15, 0.2) is 199 Å². The first-order valence-corrected chi connectivity index (χ1v) is 19.5. The minimum Gasteiger partial charge on any atom is -0.456 e. The fraction of sp³-hybridized carbons (Fsp3) is 0. The number of fused-ring (bicyclic) bond motifs is 8. The average Bonchev–Trinajstić information content (AvgIpc) is 3.82. The largest absolute Gasteiger partial charge is 0.456 e. The molecule has 0 spiro atoms. The van der Waals surface area contributed by atoms with Gasteiger partial charge in [-0.2, -0.15) is 9.97 Å². The summed E-state index contributed by atoms with van der Waals surface area (Å²) in [5.74, 6) is 1.71. The Morgan fingerprint density at radius 2 is 0.931 bits per heavy atom. The van der Waals surface area contributed by atoms with Crippen molar-refractivity contribution in [2.45, 2.75) is 0 Å². The number of hydrogen-bond donors (Lipinski definition) is 0. The molecule has 0 saturated carbocycles. The van der Waals surface area contributed by atoms with Gasteiger partial charge >= 0.3 is 0 Å². The molecule has 0 N–H and O–H groups in total. The van der Waals surface area contributed by atoms with E-state index < -0.39 is 0 Å². The van der Waals surface area contributed by atoms with Crippen LogP contribution in [0.1, 0.15) is 0 Å². The van der Waals surface area contributed by atoms with Crippen LogP contribution >= 0.6 is 0 Å². The second kappa shape index (κ2) is 12.8. The minimum atomic E-state index is 0.548. The third-order valence-electron chi connectivity index (χ3n) is 11.4. The lowest BCUT2D eigenvalue weighted by Crippen LogP contribution is -2.07. The Morgan fingerprint density at radius 3 is 1.74 bits per heavy atom. The summed E-state index contributed by atoms with van der Waals surface area (Å²) in [6.07, 6.45) is 0. The Balaban J connectivity index is 1.16. The molecule has 0 aliphatic carbocycles. The second-order valence-corrected chi connectivity index (χ2v) is 14.8. The summed E-state index contributed by atoms with van der Waals surface area (Å²) in [7, 11) is 0. The summed E-state index contributed by atoms with van der Waals surface area (Å²) >= 11 is 0. The van der Waals surface area contributed by atoms with Gasteiger partial charge in [-0.05, 0) is 86.3 Å². The lowest BCUT2D eigenvalue weighted by Gasteiger charge is -2.14. The fourth-order valence-corrected chi connectivity index (χ4v) is 8.71. The summed E-state index contributed by atoms with van der Waals surface area (Å²) < 4.78 is 8.73. The summed E-state index contributed by atoms with van der Waals surface area (Å²) in [5, 5.41) is 8.72. The van der Waals surface area contributed by atoms with Gasteiger partial charge in [-0.1, -0.05) is 152 Å². The van der Waals surface area contributed by atoms with Crippen LogP contribution in [0.3, 0.4) is 0 Å². The van der Waals surface area contributed by atoms with Crippen molar-refractivity contribution in [3.8, 4) is 51.0 Å². The van der Waals surface area contributed by atoms with E-state index in [1.54, 1.807) is 0 Å². The zero-order valence-corrected chi connectivity index (χ0v) is 31.2. The van der Waals surface area contributed by atoms with Gasteiger partial charge in [0.05, 0.1) is 11.0 Å².